The number of aliphatic hydroxyl groups is 1. The average molecular weight is 352 g/mol. The van der Waals surface area contributed by atoms with E-state index in [1.165, 1.54) is 0 Å². The molecule has 5 heteroatoms. The molecule has 1 atom stereocenters. The smallest absolute Gasteiger partial charge is 0.142 e. The number of benzene rings is 2. The minimum absolute atomic E-state index is 0.129. The predicted molar refractivity (Wildman–Crippen MR) is 86.7 cm³/mol. The molecule has 0 aromatic heterocycles. The Morgan fingerprint density at radius 2 is 1.86 bits per heavy atom. The molecule has 3 N–H and O–H groups in total. The first kappa shape index (κ1) is 15.7. The van der Waals surface area contributed by atoms with Crippen molar-refractivity contribution in [2.24, 2.45) is 0 Å². The van der Waals surface area contributed by atoms with Gasteiger partial charge in [0.15, 0.2) is 0 Å². The summed E-state index contributed by atoms with van der Waals surface area (Å²) in [6.07, 6.45) is -0.728. The second-order valence-corrected chi connectivity index (χ2v) is 5.58. The Morgan fingerprint density at radius 3 is 2.57 bits per heavy atom. The summed E-state index contributed by atoms with van der Waals surface area (Å²) in [5, 5.41) is 9.89. The largest absolute Gasteiger partial charge is 0.491 e. The number of aryl methyl sites for hydroxylation is 1. The van der Waals surface area contributed by atoms with Crippen molar-refractivity contribution in [2.75, 3.05) is 18.9 Å². The van der Waals surface area contributed by atoms with Crippen molar-refractivity contribution in [3.05, 3.63) is 52.5 Å². The highest BCUT2D eigenvalue weighted by atomic mass is 79.9. The van der Waals surface area contributed by atoms with E-state index in [-0.39, 0.29) is 13.2 Å². The Kier molecular flexibility index (Phi) is 5.47. The molecule has 2 rings (SSSR count). The predicted octanol–water partition coefficient (Wildman–Crippen LogP) is 3.16. The minimum Gasteiger partial charge on any atom is -0.491 e. The summed E-state index contributed by atoms with van der Waals surface area (Å²) in [6, 6.07) is 12.9. The maximum atomic E-state index is 9.89. The fourth-order valence-electron chi connectivity index (χ4n) is 1.75. The molecule has 0 saturated carbocycles. The lowest BCUT2D eigenvalue weighted by molar-refractivity contribution is 0.0629. The van der Waals surface area contributed by atoms with Crippen LogP contribution in [0.3, 0.4) is 0 Å². The Morgan fingerprint density at radius 1 is 1.14 bits per heavy atom. The van der Waals surface area contributed by atoms with Gasteiger partial charge in [-0.05, 0) is 42.8 Å². The van der Waals surface area contributed by atoms with Crippen LogP contribution < -0.4 is 15.2 Å². The van der Waals surface area contributed by atoms with Crippen LogP contribution in [0.15, 0.2) is 46.9 Å². The average Bonchev–Trinajstić information content (AvgIpc) is 2.47. The third kappa shape index (κ3) is 4.65. The van der Waals surface area contributed by atoms with E-state index in [4.69, 9.17) is 15.2 Å². The van der Waals surface area contributed by atoms with Gasteiger partial charge < -0.3 is 20.3 Å². The lowest BCUT2D eigenvalue weighted by Crippen LogP contribution is -2.25. The molecular formula is C16H18BrNO3. The first-order chi connectivity index (χ1) is 10.1. The van der Waals surface area contributed by atoms with Crippen LogP contribution in [0.25, 0.3) is 0 Å². The molecule has 0 aliphatic rings. The standard InChI is InChI=1S/C16H18BrNO3/c1-11-8-13(6-7-14(11)17)20-9-12(19)10-21-16-5-3-2-4-15(16)18/h2-8,12,19H,9-10,18H2,1H3. The van der Waals surface area contributed by atoms with Gasteiger partial charge in [0.1, 0.15) is 30.8 Å². The monoisotopic (exact) mass is 351 g/mol. The highest BCUT2D eigenvalue weighted by molar-refractivity contribution is 9.10. The SMILES string of the molecule is Cc1cc(OCC(O)COc2ccccc2N)ccc1Br. The molecular weight excluding hydrogens is 334 g/mol. The van der Waals surface area contributed by atoms with Crippen molar-refractivity contribution >= 4 is 21.6 Å². The zero-order valence-corrected chi connectivity index (χ0v) is 13.3. The Labute approximate surface area is 132 Å². The fourth-order valence-corrected chi connectivity index (χ4v) is 1.99. The van der Waals surface area contributed by atoms with E-state index in [0.717, 1.165) is 10.0 Å². The summed E-state index contributed by atoms with van der Waals surface area (Å²) in [5.74, 6) is 1.28. The summed E-state index contributed by atoms with van der Waals surface area (Å²) in [6.45, 7) is 2.27. The van der Waals surface area contributed by atoms with E-state index < -0.39 is 6.10 Å². The zero-order chi connectivity index (χ0) is 15.2. The number of rotatable bonds is 6. The van der Waals surface area contributed by atoms with Crippen LogP contribution in [0.4, 0.5) is 5.69 Å². The van der Waals surface area contributed by atoms with Gasteiger partial charge in [-0.3, -0.25) is 0 Å². The van der Waals surface area contributed by atoms with Gasteiger partial charge in [0, 0.05) is 4.47 Å². The van der Waals surface area contributed by atoms with Gasteiger partial charge >= 0.3 is 0 Å². The van der Waals surface area contributed by atoms with Gasteiger partial charge in [-0.2, -0.15) is 0 Å². The molecule has 1 unspecified atom stereocenters. The third-order valence-electron chi connectivity index (χ3n) is 2.92. The summed E-state index contributed by atoms with van der Waals surface area (Å²) in [4.78, 5) is 0. The third-order valence-corrected chi connectivity index (χ3v) is 3.81. The summed E-state index contributed by atoms with van der Waals surface area (Å²) < 4.78 is 12.0. The summed E-state index contributed by atoms with van der Waals surface area (Å²) >= 11 is 3.43. The normalized spacial score (nSPS) is 12.0. The van der Waals surface area contributed by atoms with Crippen molar-refractivity contribution < 1.29 is 14.6 Å². The number of hydrogen-bond acceptors (Lipinski definition) is 4. The van der Waals surface area contributed by atoms with Crippen LogP contribution in [-0.4, -0.2) is 24.4 Å². The molecule has 0 heterocycles. The van der Waals surface area contributed by atoms with Gasteiger partial charge in [0.25, 0.3) is 0 Å². The minimum atomic E-state index is -0.728. The van der Waals surface area contributed by atoms with E-state index in [0.29, 0.717) is 17.2 Å². The lowest BCUT2D eigenvalue weighted by Gasteiger charge is -2.15. The Balaban J connectivity index is 1.81. The highest BCUT2D eigenvalue weighted by Crippen LogP contribution is 2.22. The maximum absolute atomic E-state index is 9.89. The van der Waals surface area contributed by atoms with Gasteiger partial charge in [-0.15, -0.1) is 0 Å². The lowest BCUT2D eigenvalue weighted by atomic mass is 10.2. The molecule has 2 aromatic carbocycles. The number of para-hydroxylation sites is 2. The van der Waals surface area contributed by atoms with E-state index in [1.807, 2.05) is 37.3 Å². The molecule has 2 aromatic rings. The van der Waals surface area contributed by atoms with Crippen LogP contribution in [0.5, 0.6) is 11.5 Å². The van der Waals surface area contributed by atoms with Crippen LogP contribution in [0.1, 0.15) is 5.56 Å². The molecule has 0 aliphatic carbocycles. The van der Waals surface area contributed by atoms with Crippen molar-refractivity contribution in [3.8, 4) is 11.5 Å². The molecule has 4 nitrogen and oxygen atoms in total. The summed E-state index contributed by atoms with van der Waals surface area (Å²) in [7, 11) is 0. The molecule has 21 heavy (non-hydrogen) atoms. The van der Waals surface area contributed by atoms with Gasteiger partial charge in [-0.1, -0.05) is 28.1 Å². The molecule has 0 aliphatic heterocycles. The van der Waals surface area contributed by atoms with Gasteiger partial charge in [0.05, 0.1) is 5.69 Å². The van der Waals surface area contributed by atoms with E-state index >= 15 is 0 Å². The van der Waals surface area contributed by atoms with E-state index in [1.54, 1.807) is 12.1 Å². The second-order valence-electron chi connectivity index (χ2n) is 4.72. The first-order valence-corrected chi connectivity index (χ1v) is 7.40. The fraction of sp³-hybridized carbons (Fsp3) is 0.250. The van der Waals surface area contributed by atoms with Crippen molar-refractivity contribution in [2.45, 2.75) is 13.0 Å². The number of hydrogen-bond donors (Lipinski definition) is 2. The maximum Gasteiger partial charge on any atom is 0.142 e. The second kappa shape index (κ2) is 7.33. The van der Waals surface area contributed by atoms with E-state index in [9.17, 15) is 5.11 Å². The molecule has 0 spiro atoms. The highest BCUT2D eigenvalue weighted by Gasteiger charge is 2.08. The molecule has 0 fully saturated rings. The quantitative estimate of drug-likeness (QED) is 0.784. The van der Waals surface area contributed by atoms with Crippen LogP contribution >= 0.6 is 15.9 Å². The zero-order valence-electron chi connectivity index (χ0n) is 11.8. The summed E-state index contributed by atoms with van der Waals surface area (Å²) in [5.41, 5.74) is 7.39. The van der Waals surface area contributed by atoms with Gasteiger partial charge in [0.2, 0.25) is 0 Å². The topological polar surface area (TPSA) is 64.7 Å². The Hall–Kier alpha value is -1.72. The number of aliphatic hydroxyl groups excluding tert-OH is 1. The number of halogens is 1. The molecule has 0 radical (unpaired) electrons. The van der Waals surface area contributed by atoms with Crippen LogP contribution in [0.2, 0.25) is 0 Å². The molecule has 0 saturated heterocycles. The molecule has 0 amide bonds. The number of nitrogens with two attached hydrogens (primary N) is 1. The van der Waals surface area contributed by atoms with Crippen molar-refractivity contribution in [1.82, 2.24) is 0 Å². The first-order valence-electron chi connectivity index (χ1n) is 6.60. The number of ether oxygens (including phenoxy) is 2. The molecule has 0 bridgehead atoms. The van der Waals surface area contributed by atoms with Crippen molar-refractivity contribution in [3.63, 3.8) is 0 Å². The van der Waals surface area contributed by atoms with Crippen LogP contribution in [0, 0.1) is 6.92 Å². The van der Waals surface area contributed by atoms with Gasteiger partial charge in [-0.25, -0.2) is 0 Å². The Bertz CT molecular complexity index is 604. The molecule has 112 valence electrons. The number of nitrogen functional groups attached to an aromatic ring is 1. The number of anilines is 1. The van der Waals surface area contributed by atoms with Crippen molar-refractivity contribution in [1.29, 1.82) is 0 Å². The van der Waals surface area contributed by atoms with E-state index in [2.05, 4.69) is 15.9 Å². The van der Waals surface area contributed by atoms with Crippen LogP contribution in [-0.2, 0) is 0 Å².